The highest BCUT2D eigenvalue weighted by atomic mass is 19.1. The zero-order chi connectivity index (χ0) is 26.7. The van der Waals surface area contributed by atoms with Gasteiger partial charge in [0.05, 0.1) is 19.6 Å². The van der Waals surface area contributed by atoms with Crippen molar-refractivity contribution < 1.29 is 28.9 Å². The Morgan fingerprint density at radius 2 is 1.89 bits per heavy atom. The first-order chi connectivity index (χ1) is 17.6. The summed E-state index contributed by atoms with van der Waals surface area (Å²) in [5, 5.41) is 20.5. The van der Waals surface area contributed by atoms with Gasteiger partial charge in [-0.05, 0) is 83.0 Å². The van der Waals surface area contributed by atoms with Crippen LogP contribution in [0.2, 0.25) is 0 Å². The average molecular weight is 505 g/mol. The van der Waals surface area contributed by atoms with E-state index in [-0.39, 0.29) is 18.9 Å². The van der Waals surface area contributed by atoms with Gasteiger partial charge in [-0.2, -0.15) is 0 Å². The van der Waals surface area contributed by atoms with Crippen molar-refractivity contribution >= 4 is 5.97 Å². The second-order valence-corrected chi connectivity index (χ2v) is 10.2. The molecule has 3 aromatic carbocycles. The Hall–Kier alpha value is -3.64. The molecule has 0 saturated carbocycles. The van der Waals surface area contributed by atoms with Crippen LogP contribution >= 0.6 is 0 Å². The molecule has 2 N–H and O–H groups in total. The Kier molecular flexibility index (Phi) is 7.69. The number of methoxy groups -OCH3 is 1. The first-order valence-corrected chi connectivity index (χ1v) is 12.4. The number of hydrogen-bond acceptors (Lipinski definition) is 4. The maximum atomic E-state index is 14.9. The number of halogens is 1. The van der Waals surface area contributed by atoms with E-state index >= 15 is 0 Å². The molecule has 5 nitrogen and oxygen atoms in total. The van der Waals surface area contributed by atoms with E-state index in [1.54, 1.807) is 24.3 Å². The molecule has 1 aliphatic rings. The second kappa shape index (κ2) is 10.8. The molecule has 0 bridgehead atoms. The van der Waals surface area contributed by atoms with Gasteiger partial charge in [0.25, 0.3) is 0 Å². The fourth-order valence-corrected chi connectivity index (χ4v) is 4.87. The Balaban J connectivity index is 1.65. The zero-order valence-corrected chi connectivity index (χ0v) is 21.5. The van der Waals surface area contributed by atoms with Gasteiger partial charge in [0, 0.05) is 11.0 Å². The minimum Gasteiger partial charge on any atom is -0.497 e. The monoisotopic (exact) mass is 504 g/mol. The van der Waals surface area contributed by atoms with E-state index in [4.69, 9.17) is 9.47 Å². The molecular formula is C31H33FO5. The quantitative estimate of drug-likeness (QED) is 0.296. The lowest BCUT2D eigenvalue weighted by atomic mass is 9.79. The van der Waals surface area contributed by atoms with Crippen molar-refractivity contribution in [2.75, 3.05) is 7.11 Å². The number of benzene rings is 3. The summed E-state index contributed by atoms with van der Waals surface area (Å²) in [6.45, 7) is 7.84. The van der Waals surface area contributed by atoms with E-state index in [1.165, 1.54) is 18.7 Å². The van der Waals surface area contributed by atoms with Gasteiger partial charge in [-0.1, -0.05) is 38.1 Å². The molecular weight excluding hydrogens is 471 g/mol. The maximum Gasteiger partial charge on any atom is 0.303 e. The molecule has 2 atom stereocenters. The van der Waals surface area contributed by atoms with Crippen molar-refractivity contribution in [3.63, 3.8) is 0 Å². The second-order valence-electron chi connectivity index (χ2n) is 10.2. The molecule has 4 rings (SSSR count). The average Bonchev–Trinajstić information content (AvgIpc) is 3.28. The number of aliphatic hydroxyl groups excluding tert-OH is 1. The van der Waals surface area contributed by atoms with E-state index in [1.807, 2.05) is 44.2 Å². The fourth-order valence-electron chi connectivity index (χ4n) is 4.87. The zero-order valence-electron chi connectivity index (χ0n) is 21.5. The molecule has 3 aromatic rings. The van der Waals surface area contributed by atoms with Crippen LogP contribution in [-0.4, -0.2) is 23.3 Å². The van der Waals surface area contributed by atoms with Crippen molar-refractivity contribution in [1.82, 2.24) is 0 Å². The predicted molar refractivity (Wildman–Crippen MR) is 141 cm³/mol. The molecule has 0 amide bonds. The van der Waals surface area contributed by atoms with Crippen LogP contribution in [0.25, 0.3) is 11.1 Å². The third kappa shape index (κ3) is 5.70. The summed E-state index contributed by atoms with van der Waals surface area (Å²) in [7, 11) is 1.52. The third-order valence-electron chi connectivity index (χ3n) is 7.25. The summed E-state index contributed by atoms with van der Waals surface area (Å²) in [5.41, 5.74) is 3.81. The van der Waals surface area contributed by atoms with E-state index < -0.39 is 23.3 Å². The fraction of sp³-hybridized carbons (Fsp3) is 0.323. The number of ether oxygens (including phenoxy) is 2. The number of rotatable bonds is 10. The normalized spacial score (nSPS) is 15.6. The number of fused-ring (bicyclic) bond motifs is 1. The number of carboxylic acids is 1. The predicted octanol–water partition coefficient (Wildman–Crippen LogP) is 6.83. The standard InChI is InChI=1S/C31H33FO5/c1-5-31(2,3)30(35)27-14-19(6-12-24(27)26-16-22(36-4)11-13-28(26)32)18-37-23-10-9-20-7-8-21(15-29(33)34)25(20)17-23/h5-6,9-14,16-17,21,30,35H,1,7-8,15,18H2,2-4H3,(H,33,34). The molecule has 0 aromatic heterocycles. The minimum atomic E-state index is -0.942. The van der Waals surface area contributed by atoms with Crippen LogP contribution in [0.5, 0.6) is 11.5 Å². The maximum absolute atomic E-state index is 14.9. The molecule has 0 fully saturated rings. The molecule has 1 aliphatic carbocycles. The van der Waals surface area contributed by atoms with Crippen LogP contribution in [0.4, 0.5) is 4.39 Å². The lowest BCUT2D eigenvalue weighted by Crippen LogP contribution is -2.20. The third-order valence-corrected chi connectivity index (χ3v) is 7.25. The molecule has 0 spiro atoms. The molecule has 6 heteroatoms. The van der Waals surface area contributed by atoms with E-state index in [2.05, 4.69) is 6.58 Å². The van der Waals surface area contributed by atoms with Crippen molar-refractivity contribution in [2.24, 2.45) is 5.41 Å². The Morgan fingerprint density at radius 3 is 2.59 bits per heavy atom. The molecule has 0 aliphatic heterocycles. The van der Waals surface area contributed by atoms with Gasteiger partial charge in [-0.15, -0.1) is 6.58 Å². The number of carboxylic acid groups (broad SMARTS) is 1. The SMILES string of the molecule is C=CC(C)(C)C(O)c1cc(COc2ccc3c(c2)C(CC(=O)O)CC3)ccc1-c1cc(OC)ccc1F. The van der Waals surface area contributed by atoms with Crippen LogP contribution < -0.4 is 9.47 Å². The number of carbonyl (C=O) groups is 1. The summed E-state index contributed by atoms with van der Waals surface area (Å²) in [6, 6.07) is 15.9. The molecule has 194 valence electrons. The van der Waals surface area contributed by atoms with Gasteiger partial charge in [-0.3, -0.25) is 4.79 Å². The van der Waals surface area contributed by atoms with Crippen molar-refractivity contribution in [3.8, 4) is 22.6 Å². The summed E-state index contributed by atoms with van der Waals surface area (Å²) in [4.78, 5) is 11.2. The Bertz CT molecular complexity index is 1310. The Morgan fingerprint density at radius 1 is 1.14 bits per heavy atom. The lowest BCUT2D eigenvalue weighted by molar-refractivity contribution is -0.137. The number of hydrogen-bond donors (Lipinski definition) is 2. The number of aliphatic hydroxyl groups is 1. The van der Waals surface area contributed by atoms with Crippen molar-refractivity contribution in [1.29, 1.82) is 0 Å². The molecule has 0 radical (unpaired) electrons. The van der Waals surface area contributed by atoms with Crippen molar-refractivity contribution in [2.45, 2.75) is 51.7 Å². The van der Waals surface area contributed by atoms with Gasteiger partial charge in [-0.25, -0.2) is 4.39 Å². The van der Waals surface area contributed by atoms with Crippen molar-refractivity contribution in [3.05, 3.63) is 95.3 Å². The van der Waals surface area contributed by atoms with Crippen LogP contribution in [0.3, 0.4) is 0 Å². The summed E-state index contributed by atoms with van der Waals surface area (Å²) in [5.74, 6) is -0.0394. The topological polar surface area (TPSA) is 76.0 Å². The van der Waals surface area contributed by atoms with Crippen LogP contribution in [-0.2, 0) is 17.8 Å². The lowest BCUT2D eigenvalue weighted by Gasteiger charge is -2.29. The highest BCUT2D eigenvalue weighted by Gasteiger charge is 2.29. The van der Waals surface area contributed by atoms with E-state index in [9.17, 15) is 19.4 Å². The van der Waals surface area contributed by atoms with Crippen LogP contribution in [0, 0.1) is 11.2 Å². The first-order valence-electron chi connectivity index (χ1n) is 12.4. The van der Waals surface area contributed by atoms with Crippen LogP contribution in [0.1, 0.15) is 61.0 Å². The Labute approximate surface area is 217 Å². The molecule has 0 heterocycles. The van der Waals surface area contributed by atoms with Gasteiger partial charge in [0.2, 0.25) is 0 Å². The smallest absolute Gasteiger partial charge is 0.303 e. The summed E-state index contributed by atoms with van der Waals surface area (Å²) in [6.07, 6.45) is 2.55. The number of aliphatic carboxylic acids is 1. The minimum absolute atomic E-state index is 0.00372. The van der Waals surface area contributed by atoms with Gasteiger partial charge in [0.15, 0.2) is 0 Å². The highest BCUT2D eigenvalue weighted by molar-refractivity contribution is 5.71. The van der Waals surface area contributed by atoms with Gasteiger partial charge in [0.1, 0.15) is 23.9 Å². The molecule has 2 unspecified atom stereocenters. The van der Waals surface area contributed by atoms with E-state index in [0.29, 0.717) is 28.2 Å². The largest absolute Gasteiger partial charge is 0.497 e. The van der Waals surface area contributed by atoms with Crippen LogP contribution in [0.15, 0.2) is 67.3 Å². The van der Waals surface area contributed by atoms with Gasteiger partial charge >= 0.3 is 5.97 Å². The first kappa shape index (κ1) is 26.4. The van der Waals surface area contributed by atoms with Gasteiger partial charge < -0.3 is 19.7 Å². The molecule has 0 saturated heterocycles. The highest BCUT2D eigenvalue weighted by Crippen LogP contribution is 2.41. The number of aryl methyl sites for hydroxylation is 1. The summed E-state index contributed by atoms with van der Waals surface area (Å²) < 4.78 is 26.3. The summed E-state index contributed by atoms with van der Waals surface area (Å²) >= 11 is 0. The molecule has 37 heavy (non-hydrogen) atoms. The van der Waals surface area contributed by atoms with E-state index in [0.717, 1.165) is 24.0 Å².